The zero-order valence-corrected chi connectivity index (χ0v) is 8.23. The molecule has 0 aliphatic carbocycles. The van der Waals surface area contributed by atoms with Gasteiger partial charge in [-0.05, 0) is 6.07 Å². The third-order valence-electron chi connectivity index (χ3n) is 1.79. The van der Waals surface area contributed by atoms with E-state index < -0.39 is 17.9 Å². The summed E-state index contributed by atoms with van der Waals surface area (Å²) in [5, 5.41) is 8.34. The van der Waals surface area contributed by atoms with Crippen LogP contribution in [0, 0.1) is 17.3 Å². The fraction of sp³-hybridized carbons (Fsp3) is 0.333. The summed E-state index contributed by atoms with van der Waals surface area (Å²) in [6, 6.07) is 2.72. The molecule has 0 saturated carbocycles. The summed E-state index contributed by atoms with van der Waals surface area (Å²) in [5.41, 5.74) is -0.824. The van der Waals surface area contributed by atoms with Gasteiger partial charge < -0.3 is 0 Å². The average Bonchev–Trinajstić information content (AvgIpc) is 2.17. The van der Waals surface area contributed by atoms with E-state index in [1.54, 1.807) is 6.07 Å². The van der Waals surface area contributed by atoms with Crippen molar-refractivity contribution >= 4 is 11.6 Å². The van der Waals surface area contributed by atoms with Crippen molar-refractivity contribution in [3.05, 3.63) is 28.8 Å². The summed E-state index contributed by atoms with van der Waals surface area (Å²) in [6.07, 6.45) is -3.03. The van der Waals surface area contributed by atoms with Crippen molar-refractivity contribution in [3.8, 4) is 6.07 Å². The summed E-state index contributed by atoms with van der Waals surface area (Å²) in [5.74, 6) is -1.40. The van der Waals surface area contributed by atoms with E-state index in [-0.39, 0.29) is 23.6 Å². The zero-order valence-electron chi connectivity index (χ0n) is 7.48. The highest BCUT2D eigenvalue weighted by Crippen LogP contribution is 2.26. The molecular weight excluding hydrogens is 229 g/mol. The van der Waals surface area contributed by atoms with Gasteiger partial charge in [-0.3, -0.25) is 0 Å². The van der Waals surface area contributed by atoms with Crippen molar-refractivity contribution in [1.29, 1.82) is 5.26 Å². The molecule has 0 saturated heterocycles. The monoisotopic (exact) mass is 234 g/mol. The van der Waals surface area contributed by atoms with E-state index in [4.69, 9.17) is 16.9 Å². The molecule has 0 amide bonds. The third kappa shape index (κ3) is 2.60. The van der Waals surface area contributed by atoms with E-state index in [9.17, 15) is 13.2 Å². The minimum Gasteiger partial charge on any atom is -0.223 e. The van der Waals surface area contributed by atoms with Crippen molar-refractivity contribution in [2.75, 3.05) is 0 Å². The number of nitrogens with zero attached hydrogens (tertiary/aromatic N) is 2. The summed E-state index contributed by atoms with van der Waals surface area (Å²) in [6.45, 7) is 0. The fourth-order valence-corrected chi connectivity index (χ4v) is 1.37. The van der Waals surface area contributed by atoms with Crippen LogP contribution in [0.5, 0.6) is 0 Å². The second-order valence-corrected chi connectivity index (χ2v) is 3.01. The van der Waals surface area contributed by atoms with Gasteiger partial charge in [-0.1, -0.05) is 0 Å². The molecule has 0 aromatic carbocycles. The van der Waals surface area contributed by atoms with Gasteiger partial charge in [0.25, 0.3) is 6.43 Å². The SMILES string of the molecule is N#CCc1cc(C(F)F)c(CCl)c(F)n1. The Bertz CT molecular complexity index is 401. The maximum absolute atomic E-state index is 13.2. The van der Waals surface area contributed by atoms with Crippen LogP contribution in [0.25, 0.3) is 0 Å². The van der Waals surface area contributed by atoms with Crippen LogP contribution >= 0.6 is 11.6 Å². The normalized spacial score (nSPS) is 10.4. The largest absolute Gasteiger partial charge is 0.264 e. The minimum absolute atomic E-state index is 0.0147. The first-order chi connectivity index (χ1) is 7.10. The Balaban J connectivity index is 3.27. The molecule has 0 bridgehead atoms. The molecule has 1 aromatic rings. The molecule has 2 nitrogen and oxygen atoms in total. The smallest absolute Gasteiger partial charge is 0.223 e. The standard InChI is InChI=1S/C9H6ClF3N2/c10-4-7-6(8(11)12)3-5(1-2-14)15-9(7)13/h3,8H,1,4H2. The first-order valence-electron chi connectivity index (χ1n) is 3.99. The predicted molar refractivity (Wildman–Crippen MR) is 48.0 cm³/mol. The summed E-state index contributed by atoms with van der Waals surface area (Å²) in [7, 11) is 0. The molecule has 1 rings (SSSR count). The van der Waals surface area contributed by atoms with Crippen LogP contribution in [0.3, 0.4) is 0 Å². The Morgan fingerprint density at radius 2 is 2.20 bits per heavy atom. The zero-order chi connectivity index (χ0) is 11.4. The van der Waals surface area contributed by atoms with E-state index >= 15 is 0 Å². The van der Waals surface area contributed by atoms with Crippen LogP contribution in [0.1, 0.15) is 23.2 Å². The molecule has 0 radical (unpaired) electrons. The first-order valence-corrected chi connectivity index (χ1v) is 4.52. The highest BCUT2D eigenvalue weighted by atomic mass is 35.5. The number of halogens is 4. The fourth-order valence-electron chi connectivity index (χ4n) is 1.11. The summed E-state index contributed by atoms with van der Waals surface area (Å²) in [4.78, 5) is 3.37. The lowest BCUT2D eigenvalue weighted by Gasteiger charge is -2.08. The predicted octanol–water partition coefficient (Wildman–Crippen LogP) is 2.96. The molecule has 0 unspecified atom stereocenters. The Labute approximate surface area is 89.3 Å². The van der Waals surface area contributed by atoms with Gasteiger partial charge in [-0.2, -0.15) is 9.65 Å². The Morgan fingerprint density at radius 3 is 2.67 bits per heavy atom. The number of aromatic nitrogens is 1. The second-order valence-electron chi connectivity index (χ2n) is 2.74. The van der Waals surface area contributed by atoms with Crippen molar-refractivity contribution in [2.24, 2.45) is 0 Å². The quantitative estimate of drug-likeness (QED) is 0.596. The Kier molecular flexibility index (Phi) is 3.92. The van der Waals surface area contributed by atoms with Gasteiger partial charge in [-0.25, -0.2) is 13.8 Å². The van der Waals surface area contributed by atoms with Gasteiger partial charge in [-0.15, -0.1) is 11.6 Å². The lowest BCUT2D eigenvalue weighted by molar-refractivity contribution is 0.149. The van der Waals surface area contributed by atoms with Gasteiger partial charge in [0.1, 0.15) is 0 Å². The molecule has 0 aliphatic rings. The molecule has 1 heterocycles. The number of alkyl halides is 3. The molecule has 6 heteroatoms. The summed E-state index contributed by atoms with van der Waals surface area (Å²) < 4.78 is 38.1. The highest BCUT2D eigenvalue weighted by Gasteiger charge is 2.18. The molecule has 80 valence electrons. The number of nitriles is 1. The number of rotatable bonds is 3. The van der Waals surface area contributed by atoms with E-state index in [1.165, 1.54) is 0 Å². The molecule has 0 atom stereocenters. The Hall–Kier alpha value is -1.28. The average molecular weight is 235 g/mol. The molecule has 0 spiro atoms. The van der Waals surface area contributed by atoms with Gasteiger partial charge in [0.05, 0.1) is 24.1 Å². The number of hydrogen-bond acceptors (Lipinski definition) is 2. The van der Waals surface area contributed by atoms with Crippen molar-refractivity contribution in [3.63, 3.8) is 0 Å². The minimum atomic E-state index is -2.83. The van der Waals surface area contributed by atoms with Crippen LogP contribution in [-0.4, -0.2) is 4.98 Å². The molecule has 0 N–H and O–H groups in total. The van der Waals surface area contributed by atoms with Gasteiger partial charge in [0, 0.05) is 11.1 Å². The van der Waals surface area contributed by atoms with E-state index in [2.05, 4.69) is 4.98 Å². The van der Waals surface area contributed by atoms with Crippen molar-refractivity contribution in [1.82, 2.24) is 4.98 Å². The second kappa shape index (κ2) is 4.99. The van der Waals surface area contributed by atoms with Gasteiger partial charge in [0.15, 0.2) is 0 Å². The number of hydrogen-bond donors (Lipinski definition) is 0. The summed E-state index contributed by atoms with van der Waals surface area (Å²) >= 11 is 5.33. The first kappa shape index (κ1) is 11.8. The topological polar surface area (TPSA) is 36.7 Å². The van der Waals surface area contributed by atoms with Crippen LogP contribution in [-0.2, 0) is 12.3 Å². The molecule has 0 aliphatic heterocycles. The molecule has 15 heavy (non-hydrogen) atoms. The van der Waals surface area contributed by atoms with E-state index in [0.29, 0.717) is 0 Å². The molecule has 1 aromatic heterocycles. The molecule has 0 fully saturated rings. The van der Waals surface area contributed by atoms with Crippen molar-refractivity contribution < 1.29 is 13.2 Å². The highest BCUT2D eigenvalue weighted by molar-refractivity contribution is 6.17. The van der Waals surface area contributed by atoms with Crippen LogP contribution in [0.4, 0.5) is 13.2 Å². The van der Waals surface area contributed by atoms with Crippen LogP contribution < -0.4 is 0 Å². The maximum Gasteiger partial charge on any atom is 0.264 e. The number of pyridine rings is 1. The lowest BCUT2D eigenvalue weighted by Crippen LogP contribution is -2.03. The van der Waals surface area contributed by atoms with E-state index in [1.807, 2.05) is 0 Å². The molecular formula is C9H6ClF3N2. The van der Waals surface area contributed by atoms with Crippen LogP contribution in [0.2, 0.25) is 0 Å². The van der Waals surface area contributed by atoms with Gasteiger partial charge >= 0.3 is 0 Å². The van der Waals surface area contributed by atoms with Crippen LogP contribution in [0.15, 0.2) is 6.07 Å². The van der Waals surface area contributed by atoms with Crippen molar-refractivity contribution in [2.45, 2.75) is 18.7 Å². The lowest BCUT2D eigenvalue weighted by atomic mass is 10.1. The van der Waals surface area contributed by atoms with Gasteiger partial charge in [0.2, 0.25) is 5.95 Å². The maximum atomic E-state index is 13.2. The van der Waals surface area contributed by atoms with E-state index in [0.717, 1.165) is 6.07 Å². The Morgan fingerprint density at radius 1 is 1.53 bits per heavy atom. The third-order valence-corrected chi connectivity index (χ3v) is 2.06.